The van der Waals surface area contributed by atoms with Crippen LogP contribution in [-0.2, 0) is 0 Å². The first kappa shape index (κ1) is 8.93. The summed E-state index contributed by atoms with van der Waals surface area (Å²) < 4.78 is 0. The first-order valence-corrected chi connectivity index (χ1v) is 4.15. The van der Waals surface area contributed by atoms with Crippen LogP contribution in [0.15, 0.2) is 0 Å². The fraction of sp³-hybridized carbons (Fsp3) is 1.00. The molecule has 1 aliphatic heterocycles. The lowest BCUT2D eigenvalue weighted by Crippen LogP contribution is -2.36. The number of nitrogens with one attached hydrogen (secondary N) is 2. The molecule has 66 valence electrons. The summed E-state index contributed by atoms with van der Waals surface area (Å²) in [6, 6.07) is 0. The number of rotatable bonds is 4. The van der Waals surface area contributed by atoms with E-state index in [-0.39, 0.29) is 0 Å². The van der Waals surface area contributed by atoms with E-state index in [0.717, 1.165) is 12.5 Å². The van der Waals surface area contributed by atoms with Gasteiger partial charge in [0.25, 0.3) is 0 Å². The van der Waals surface area contributed by atoms with Crippen molar-refractivity contribution in [1.82, 2.24) is 15.6 Å². The van der Waals surface area contributed by atoms with E-state index in [4.69, 9.17) is 5.84 Å². The molecule has 1 aliphatic rings. The molecule has 0 aliphatic carbocycles. The van der Waals surface area contributed by atoms with Gasteiger partial charge in [-0.25, -0.2) is 5.43 Å². The third-order valence-electron chi connectivity index (χ3n) is 2.15. The van der Waals surface area contributed by atoms with Gasteiger partial charge in [0.15, 0.2) is 0 Å². The Kier molecular flexibility index (Phi) is 3.79. The molecule has 4 nitrogen and oxygen atoms in total. The van der Waals surface area contributed by atoms with E-state index in [0.29, 0.717) is 6.67 Å². The van der Waals surface area contributed by atoms with Gasteiger partial charge in [-0.3, -0.25) is 5.84 Å². The second-order valence-corrected chi connectivity index (χ2v) is 3.25. The van der Waals surface area contributed by atoms with Crippen molar-refractivity contribution in [3.63, 3.8) is 0 Å². The van der Waals surface area contributed by atoms with Gasteiger partial charge in [-0.2, -0.15) is 0 Å². The molecule has 1 saturated heterocycles. The van der Waals surface area contributed by atoms with Crippen molar-refractivity contribution in [2.45, 2.75) is 6.42 Å². The highest BCUT2D eigenvalue weighted by Gasteiger charge is 2.18. The highest BCUT2D eigenvalue weighted by molar-refractivity contribution is 4.74. The van der Waals surface area contributed by atoms with Crippen molar-refractivity contribution in [2.75, 3.05) is 33.4 Å². The Morgan fingerprint density at radius 2 is 2.45 bits per heavy atom. The smallest absolute Gasteiger partial charge is 0.0587 e. The number of likely N-dealkylation sites (tertiary alicyclic amines) is 1. The average Bonchev–Trinajstić information content (AvgIpc) is 2.37. The Morgan fingerprint density at radius 1 is 1.64 bits per heavy atom. The first-order valence-electron chi connectivity index (χ1n) is 4.15. The quantitative estimate of drug-likeness (QED) is 0.211. The largest absolute Gasteiger partial charge is 0.306 e. The van der Waals surface area contributed by atoms with Crippen LogP contribution in [0.3, 0.4) is 0 Å². The molecule has 0 amide bonds. The van der Waals surface area contributed by atoms with Gasteiger partial charge in [-0.1, -0.05) is 0 Å². The van der Waals surface area contributed by atoms with Crippen LogP contribution < -0.4 is 16.6 Å². The van der Waals surface area contributed by atoms with E-state index >= 15 is 0 Å². The normalized spacial score (nSPS) is 26.2. The van der Waals surface area contributed by atoms with E-state index in [1.54, 1.807) is 0 Å². The van der Waals surface area contributed by atoms with Gasteiger partial charge in [-0.15, -0.1) is 0 Å². The molecule has 1 heterocycles. The minimum atomic E-state index is 0.709. The fourth-order valence-electron chi connectivity index (χ4n) is 1.54. The molecule has 0 bridgehead atoms. The van der Waals surface area contributed by atoms with Crippen molar-refractivity contribution < 1.29 is 0 Å². The first-order chi connectivity index (χ1) is 5.33. The van der Waals surface area contributed by atoms with Crippen molar-refractivity contribution in [3.05, 3.63) is 0 Å². The highest BCUT2D eigenvalue weighted by Crippen LogP contribution is 2.12. The molecule has 11 heavy (non-hydrogen) atoms. The van der Waals surface area contributed by atoms with Crippen LogP contribution in [0.1, 0.15) is 6.42 Å². The van der Waals surface area contributed by atoms with E-state index in [9.17, 15) is 0 Å². The topological polar surface area (TPSA) is 53.3 Å². The van der Waals surface area contributed by atoms with Crippen molar-refractivity contribution in [2.24, 2.45) is 11.8 Å². The molecule has 0 radical (unpaired) electrons. The van der Waals surface area contributed by atoms with Crippen LogP contribution in [-0.4, -0.2) is 38.3 Å². The zero-order valence-electron chi connectivity index (χ0n) is 7.14. The van der Waals surface area contributed by atoms with Gasteiger partial charge in [0.05, 0.1) is 6.67 Å². The minimum absolute atomic E-state index is 0.709. The molecule has 1 atom stereocenters. The summed E-state index contributed by atoms with van der Waals surface area (Å²) in [6.45, 7) is 4.24. The van der Waals surface area contributed by atoms with Crippen LogP contribution in [0.4, 0.5) is 0 Å². The lowest BCUT2D eigenvalue weighted by atomic mass is 10.1. The molecule has 0 aromatic rings. The Morgan fingerprint density at radius 3 is 3.00 bits per heavy atom. The molecule has 1 unspecified atom stereocenters. The molecule has 0 aromatic heterocycles. The number of hydrogen-bond donors (Lipinski definition) is 3. The second-order valence-electron chi connectivity index (χ2n) is 3.25. The van der Waals surface area contributed by atoms with Crippen molar-refractivity contribution in [1.29, 1.82) is 0 Å². The van der Waals surface area contributed by atoms with Gasteiger partial charge in [0, 0.05) is 13.1 Å². The molecule has 1 rings (SSSR count). The molecular formula is C7H18N4. The van der Waals surface area contributed by atoms with Crippen molar-refractivity contribution in [3.8, 4) is 0 Å². The molecule has 0 spiro atoms. The van der Waals surface area contributed by atoms with Crippen LogP contribution >= 0.6 is 0 Å². The van der Waals surface area contributed by atoms with Gasteiger partial charge >= 0.3 is 0 Å². The van der Waals surface area contributed by atoms with Gasteiger partial charge in [-0.05, 0) is 25.9 Å². The Balaban J connectivity index is 1.99. The summed E-state index contributed by atoms with van der Waals surface area (Å²) in [5, 5.41) is 3.23. The van der Waals surface area contributed by atoms with Crippen LogP contribution in [0.5, 0.6) is 0 Å². The van der Waals surface area contributed by atoms with E-state index in [2.05, 4.69) is 22.7 Å². The summed E-state index contributed by atoms with van der Waals surface area (Å²) in [5.41, 5.74) is 2.58. The summed E-state index contributed by atoms with van der Waals surface area (Å²) in [4.78, 5) is 2.36. The Bertz CT molecular complexity index is 107. The molecule has 1 fully saturated rings. The summed E-state index contributed by atoms with van der Waals surface area (Å²) in [7, 11) is 2.17. The Hall–Kier alpha value is -0.160. The van der Waals surface area contributed by atoms with Gasteiger partial charge < -0.3 is 10.2 Å². The third kappa shape index (κ3) is 3.16. The maximum atomic E-state index is 5.12. The van der Waals surface area contributed by atoms with Crippen LogP contribution in [0, 0.1) is 5.92 Å². The summed E-state index contributed by atoms with van der Waals surface area (Å²) in [6.07, 6.45) is 1.31. The molecule has 4 heteroatoms. The summed E-state index contributed by atoms with van der Waals surface area (Å²) in [5.74, 6) is 5.93. The standard InChI is InChI=1S/C7H18N4/c1-11-3-2-7(5-11)4-9-6-10-8/h7,9-10H,2-6,8H2,1H3. The van der Waals surface area contributed by atoms with E-state index in [1.807, 2.05) is 0 Å². The zero-order valence-corrected chi connectivity index (χ0v) is 7.14. The highest BCUT2D eigenvalue weighted by atomic mass is 15.3. The average molecular weight is 158 g/mol. The number of nitrogens with two attached hydrogens (primary N) is 1. The van der Waals surface area contributed by atoms with Gasteiger partial charge in [0.1, 0.15) is 0 Å². The maximum absolute atomic E-state index is 5.12. The minimum Gasteiger partial charge on any atom is -0.306 e. The van der Waals surface area contributed by atoms with E-state index < -0.39 is 0 Å². The number of hydrazine groups is 1. The van der Waals surface area contributed by atoms with Crippen LogP contribution in [0.2, 0.25) is 0 Å². The molecular weight excluding hydrogens is 140 g/mol. The monoisotopic (exact) mass is 158 g/mol. The predicted octanol–water partition coefficient (Wildman–Crippen LogP) is -1.05. The lowest BCUT2D eigenvalue weighted by Gasteiger charge is -2.10. The zero-order chi connectivity index (χ0) is 8.10. The maximum Gasteiger partial charge on any atom is 0.0587 e. The SMILES string of the molecule is CN1CCC(CNCNN)C1. The molecule has 0 aromatic carbocycles. The molecule has 0 saturated carbocycles. The number of nitrogens with zero attached hydrogens (tertiary/aromatic N) is 1. The van der Waals surface area contributed by atoms with Crippen molar-refractivity contribution >= 4 is 0 Å². The third-order valence-corrected chi connectivity index (χ3v) is 2.15. The van der Waals surface area contributed by atoms with E-state index in [1.165, 1.54) is 19.5 Å². The van der Waals surface area contributed by atoms with Gasteiger partial charge in [0.2, 0.25) is 0 Å². The van der Waals surface area contributed by atoms with Crippen LogP contribution in [0.25, 0.3) is 0 Å². The Labute approximate surface area is 68.1 Å². The second kappa shape index (κ2) is 4.66. The number of hydrogen-bond acceptors (Lipinski definition) is 4. The predicted molar refractivity (Wildman–Crippen MR) is 45.8 cm³/mol. The lowest BCUT2D eigenvalue weighted by molar-refractivity contribution is 0.386. The fourth-order valence-corrected chi connectivity index (χ4v) is 1.54. The molecule has 4 N–H and O–H groups in total. The summed E-state index contributed by atoms with van der Waals surface area (Å²) >= 11 is 0.